The Kier molecular flexibility index (Phi) is 5.13. The van der Waals surface area contributed by atoms with Crippen LogP contribution in [0.2, 0.25) is 0 Å². The quantitative estimate of drug-likeness (QED) is 0.746. The Hall–Kier alpha value is -2.39. The van der Waals surface area contributed by atoms with Crippen LogP contribution in [0, 0.1) is 0 Å². The first-order chi connectivity index (χ1) is 13.1. The van der Waals surface area contributed by atoms with E-state index in [-0.39, 0.29) is 11.8 Å². The molecule has 0 bridgehead atoms. The topological polar surface area (TPSA) is 101 Å². The highest BCUT2D eigenvalue weighted by atomic mass is 32.2. The second-order valence-corrected chi connectivity index (χ2v) is 7.89. The van der Waals surface area contributed by atoms with E-state index in [9.17, 15) is 9.59 Å². The van der Waals surface area contributed by atoms with Crippen molar-refractivity contribution < 1.29 is 9.59 Å². The number of piperidine rings is 1. The monoisotopic (exact) mass is 386 g/mol. The van der Waals surface area contributed by atoms with Crippen LogP contribution in [0.4, 0.5) is 11.6 Å². The molecule has 0 spiro atoms. The molecule has 0 saturated carbocycles. The van der Waals surface area contributed by atoms with Gasteiger partial charge in [-0.1, -0.05) is 0 Å². The van der Waals surface area contributed by atoms with Crippen LogP contribution in [0.5, 0.6) is 0 Å². The van der Waals surface area contributed by atoms with Crippen LogP contribution < -0.4 is 16.0 Å². The van der Waals surface area contributed by atoms with Crippen LogP contribution in [0.15, 0.2) is 23.1 Å². The number of nitrogens with one attached hydrogen (secondary N) is 3. The van der Waals surface area contributed by atoms with Gasteiger partial charge in [0.15, 0.2) is 5.82 Å². The Bertz CT molecular complexity index is 875. The van der Waals surface area contributed by atoms with Crippen LogP contribution in [0.1, 0.15) is 41.4 Å². The summed E-state index contributed by atoms with van der Waals surface area (Å²) in [4.78, 5) is 30.0. The molecule has 1 fully saturated rings. The minimum absolute atomic E-state index is 0.0290. The molecule has 9 heteroatoms. The molecular formula is C18H22N6O2S. The minimum atomic E-state index is -0.270. The molecule has 0 radical (unpaired) electrons. The van der Waals surface area contributed by atoms with Crippen molar-refractivity contribution in [3.63, 3.8) is 0 Å². The number of rotatable bonds is 3. The predicted molar refractivity (Wildman–Crippen MR) is 104 cm³/mol. The number of aryl methyl sites for hydroxylation is 1. The summed E-state index contributed by atoms with van der Waals surface area (Å²) >= 11 is 1.61. The van der Waals surface area contributed by atoms with Gasteiger partial charge in [0, 0.05) is 35.6 Å². The van der Waals surface area contributed by atoms with Gasteiger partial charge in [0.25, 0.3) is 5.91 Å². The minimum Gasteiger partial charge on any atom is -0.325 e. The first-order valence-electron chi connectivity index (χ1n) is 9.10. The number of aromatic nitrogens is 3. The molecule has 0 aliphatic carbocycles. The standard InChI is InChI=1S/C18H22N6O2S/c1-24-18(21-16(23-24)11-4-7-19-8-5-11)22-17(26)12-2-3-14-13(10-12)20-15(25)6-9-27-14/h2-3,10-11,19H,4-9H2,1H3,(H,20,25)(H,21,22,23,26). The van der Waals surface area contributed by atoms with E-state index in [0.29, 0.717) is 29.5 Å². The lowest BCUT2D eigenvalue weighted by atomic mass is 9.98. The molecule has 2 aromatic rings. The highest BCUT2D eigenvalue weighted by molar-refractivity contribution is 7.99. The summed E-state index contributed by atoms with van der Waals surface area (Å²) in [6.45, 7) is 1.92. The van der Waals surface area contributed by atoms with Gasteiger partial charge >= 0.3 is 0 Å². The van der Waals surface area contributed by atoms with E-state index in [0.717, 1.165) is 42.4 Å². The van der Waals surface area contributed by atoms with Gasteiger partial charge < -0.3 is 10.6 Å². The number of hydrogen-bond acceptors (Lipinski definition) is 6. The fourth-order valence-electron chi connectivity index (χ4n) is 3.30. The maximum atomic E-state index is 12.7. The van der Waals surface area contributed by atoms with E-state index in [1.54, 1.807) is 35.6 Å². The van der Waals surface area contributed by atoms with Crippen LogP contribution >= 0.6 is 11.8 Å². The van der Waals surface area contributed by atoms with Crippen molar-refractivity contribution >= 4 is 35.2 Å². The summed E-state index contributed by atoms with van der Waals surface area (Å²) in [5.41, 5.74) is 1.16. The van der Waals surface area contributed by atoms with Gasteiger partial charge in [-0.15, -0.1) is 11.8 Å². The molecule has 142 valence electrons. The fourth-order valence-corrected chi connectivity index (χ4v) is 4.24. The number of carbonyl (C=O) groups is 2. The normalized spacial score (nSPS) is 17.7. The number of fused-ring (bicyclic) bond motifs is 1. The Morgan fingerprint density at radius 2 is 2.15 bits per heavy atom. The molecule has 1 saturated heterocycles. The Balaban J connectivity index is 1.51. The molecule has 1 aromatic carbocycles. The van der Waals surface area contributed by atoms with E-state index >= 15 is 0 Å². The summed E-state index contributed by atoms with van der Waals surface area (Å²) in [6.07, 6.45) is 2.47. The first kappa shape index (κ1) is 18.0. The van der Waals surface area contributed by atoms with Crippen molar-refractivity contribution in [2.45, 2.75) is 30.1 Å². The van der Waals surface area contributed by atoms with Crippen LogP contribution in [0.25, 0.3) is 0 Å². The number of carbonyl (C=O) groups excluding carboxylic acids is 2. The maximum absolute atomic E-state index is 12.7. The SMILES string of the molecule is Cn1nc(C2CCNCC2)nc1NC(=O)c1ccc2c(c1)NC(=O)CCS2. The lowest BCUT2D eigenvalue weighted by Gasteiger charge is -2.19. The average Bonchev–Trinajstić information content (AvgIpc) is 2.92. The summed E-state index contributed by atoms with van der Waals surface area (Å²) in [5, 5.41) is 13.5. The Labute approximate surface area is 161 Å². The number of benzene rings is 1. The number of hydrogen-bond donors (Lipinski definition) is 3. The fraction of sp³-hybridized carbons (Fsp3) is 0.444. The van der Waals surface area contributed by atoms with Crippen molar-refractivity contribution in [3.05, 3.63) is 29.6 Å². The molecule has 3 N–H and O–H groups in total. The molecule has 0 unspecified atom stereocenters. The van der Waals surface area contributed by atoms with Crippen molar-refractivity contribution in [2.75, 3.05) is 29.5 Å². The largest absolute Gasteiger partial charge is 0.325 e. The summed E-state index contributed by atoms with van der Waals surface area (Å²) in [7, 11) is 1.78. The van der Waals surface area contributed by atoms with E-state index in [1.165, 1.54) is 0 Å². The number of anilines is 2. The highest BCUT2D eigenvalue weighted by Gasteiger charge is 2.22. The van der Waals surface area contributed by atoms with Crippen LogP contribution in [-0.2, 0) is 11.8 Å². The van der Waals surface area contributed by atoms with Gasteiger partial charge in [0.05, 0.1) is 5.69 Å². The zero-order chi connectivity index (χ0) is 18.8. The van der Waals surface area contributed by atoms with Crippen LogP contribution in [-0.4, -0.2) is 45.4 Å². The molecule has 8 nitrogen and oxygen atoms in total. The molecule has 27 heavy (non-hydrogen) atoms. The maximum Gasteiger partial charge on any atom is 0.258 e. The van der Waals surface area contributed by atoms with Gasteiger partial charge in [-0.25, -0.2) is 4.68 Å². The first-order valence-corrected chi connectivity index (χ1v) is 10.1. The number of thioether (sulfide) groups is 1. The van der Waals surface area contributed by atoms with Gasteiger partial charge in [0.2, 0.25) is 11.9 Å². The van der Waals surface area contributed by atoms with E-state index < -0.39 is 0 Å². The molecule has 0 atom stereocenters. The van der Waals surface area contributed by atoms with E-state index in [2.05, 4.69) is 26.0 Å². The molecule has 3 heterocycles. The highest BCUT2D eigenvalue weighted by Crippen LogP contribution is 2.31. The third-order valence-corrected chi connectivity index (χ3v) is 5.89. The summed E-state index contributed by atoms with van der Waals surface area (Å²) < 4.78 is 1.61. The summed E-state index contributed by atoms with van der Waals surface area (Å²) in [5.74, 6) is 1.97. The third kappa shape index (κ3) is 3.98. The Morgan fingerprint density at radius 1 is 1.33 bits per heavy atom. The summed E-state index contributed by atoms with van der Waals surface area (Å²) in [6, 6.07) is 5.35. The zero-order valence-electron chi connectivity index (χ0n) is 15.1. The zero-order valence-corrected chi connectivity index (χ0v) is 15.9. The van der Waals surface area contributed by atoms with Crippen molar-refractivity contribution in [3.8, 4) is 0 Å². The Morgan fingerprint density at radius 3 is 2.96 bits per heavy atom. The molecule has 4 rings (SSSR count). The van der Waals surface area contributed by atoms with Gasteiger partial charge in [-0.2, -0.15) is 10.1 Å². The molecule has 2 aliphatic heterocycles. The smallest absolute Gasteiger partial charge is 0.258 e. The number of amides is 2. The van der Waals surface area contributed by atoms with Crippen molar-refractivity contribution in [2.24, 2.45) is 7.05 Å². The lowest BCUT2D eigenvalue weighted by molar-refractivity contribution is -0.115. The van der Waals surface area contributed by atoms with Crippen LogP contribution in [0.3, 0.4) is 0 Å². The van der Waals surface area contributed by atoms with Gasteiger partial charge in [-0.3, -0.25) is 14.9 Å². The van der Waals surface area contributed by atoms with E-state index in [1.807, 2.05) is 6.07 Å². The third-order valence-electron chi connectivity index (χ3n) is 4.81. The van der Waals surface area contributed by atoms with Gasteiger partial charge in [-0.05, 0) is 44.1 Å². The average molecular weight is 386 g/mol. The molecule has 2 amide bonds. The molecular weight excluding hydrogens is 364 g/mol. The second-order valence-electron chi connectivity index (χ2n) is 6.75. The lowest BCUT2D eigenvalue weighted by Crippen LogP contribution is -2.27. The number of nitrogens with zero attached hydrogens (tertiary/aromatic N) is 3. The predicted octanol–water partition coefficient (Wildman–Crippen LogP) is 1.97. The van der Waals surface area contributed by atoms with Crippen molar-refractivity contribution in [1.82, 2.24) is 20.1 Å². The van der Waals surface area contributed by atoms with Gasteiger partial charge in [0.1, 0.15) is 0 Å². The molecule has 2 aliphatic rings. The molecule has 1 aromatic heterocycles. The van der Waals surface area contributed by atoms with E-state index in [4.69, 9.17) is 0 Å². The van der Waals surface area contributed by atoms with Crippen molar-refractivity contribution in [1.29, 1.82) is 0 Å². The second kappa shape index (κ2) is 7.69.